The van der Waals surface area contributed by atoms with Gasteiger partial charge in [0.25, 0.3) is 5.91 Å². The molecule has 5 nitrogen and oxygen atoms in total. The van der Waals surface area contributed by atoms with Crippen LogP contribution >= 0.6 is 11.6 Å². The van der Waals surface area contributed by atoms with Crippen LogP contribution in [0.25, 0.3) is 0 Å². The number of likely N-dealkylation sites (tertiary alicyclic amines) is 2. The summed E-state index contributed by atoms with van der Waals surface area (Å²) in [6.07, 6.45) is 5.10. The molecule has 1 aromatic rings. The molecule has 3 amide bonds. The molecule has 0 bridgehead atoms. The number of carbonyl (C=O) groups excluding carboxylic acids is 3. The molecule has 3 aliphatic rings. The fourth-order valence-corrected chi connectivity index (χ4v) is 4.05. The molecule has 7 heteroatoms. The summed E-state index contributed by atoms with van der Waals surface area (Å²) in [6.45, 7) is 0.577. The Balaban J connectivity index is 1.44. The Hall–Kier alpha value is -2.21. The fraction of sp³-hybridized carbons (Fsp3) is 0.389. The third-order valence-electron chi connectivity index (χ3n) is 5.22. The second-order valence-electron chi connectivity index (χ2n) is 6.69. The Morgan fingerprint density at radius 3 is 2.24 bits per heavy atom. The minimum atomic E-state index is -0.507. The number of hydrogen-bond acceptors (Lipinski definition) is 3. The zero-order chi connectivity index (χ0) is 17.7. The van der Waals surface area contributed by atoms with Gasteiger partial charge in [-0.15, -0.1) is 0 Å². The second kappa shape index (κ2) is 5.95. The van der Waals surface area contributed by atoms with Gasteiger partial charge < -0.3 is 4.90 Å². The minimum absolute atomic E-state index is 0.0545. The van der Waals surface area contributed by atoms with Gasteiger partial charge in [-0.1, -0.05) is 23.8 Å². The number of amides is 3. The van der Waals surface area contributed by atoms with Gasteiger partial charge in [-0.2, -0.15) is 0 Å². The summed E-state index contributed by atoms with van der Waals surface area (Å²) in [5.74, 6) is -1.60. The van der Waals surface area contributed by atoms with Crippen LogP contribution in [0.3, 0.4) is 0 Å². The average Bonchev–Trinajstić information content (AvgIpc) is 2.79. The lowest BCUT2D eigenvalue weighted by Gasteiger charge is -2.43. The molecule has 1 aliphatic carbocycles. The summed E-state index contributed by atoms with van der Waals surface area (Å²) in [5, 5.41) is 0.0545. The van der Waals surface area contributed by atoms with Crippen molar-refractivity contribution < 1.29 is 18.8 Å². The number of allylic oxidation sites excluding steroid dienone is 2. The molecule has 2 atom stereocenters. The molecule has 0 N–H and O–H groups in total. The summed E-state index contributed by atoms with van der Waals surface area (Å²) >= 11 is 5.93. The van der Waals surface area contributed by atoms with E-state index in [-0.39, 0.29) is 59.3 Å². The first-order valence-electron chi connectivity index (χ1n) is 8.23. The fourth-order valence-electron chi connectivity index (χ4n) is 3.80. The third kappa shape index (κ3) is 2.56. The van der Waals surface area contributed by atoms with E-state index in [0.29, 0.717) is 12.8 Å². The summed E-state index contributed by atoms with van der Waals surface area (Å²) in [5.41, 5.74) is 0.221. The molecular formula is C18H16ClFN2O3. The van der Waals surface area contributed by atoms with E-state index in [1.165, 1.54) is 21.9 Å². The van der Waals surface area contributed by atoms with Crippen molar-refractivity contribution >= 4 is 29.3 Å². The van der Waals surface area contributed by atoms with Crippen molar-refractivity contribution in [2.24, 2.45) is 11.8 Å². The highest BCUT2D eigenvalue weighted by atomic mass is 35.5. The van der Waals surface area contributed by atoms with E-state index < -0.39 is 5.82 Å². The first-order valence-corrected chi connectivity index (χ1v) is 8.61. The summed E-state index contributed by atoms with van der Waals surface area (Å²) in [4.78, 5) is 40.4. The zero-order valence-corrected chi connectivity index (χ0v) is 14.1. The van der Waals surface area contributed by atoms with E-state index in [9.17, 15) is 18.8 Å². The highest BCUT2D eigenvalue weighted by Crippen LogP contribution is 2.37. The first-order chi connectivity index (χ1) is 12.0. The van der Waals surface area contributed by atoms with Crippen LogP contribution in [0.5, 0.6) is 0 Å². The van der Waals surface area contributed by atoms with E-state index in [1.54, 1.807) is 0 Å². The Morgan fingerprint density at radius 1 is 1.08 bits per heavy atom. The maximum absolute atomic E-state index is 13.1. The second-order valence-corrected chi connectivity index (χ2v) is 7.10. The van der Waals surface area contributed by atoms with Crippen molar-refractivity contribution in [1.29, 1.82) is 0 Å². The van der Waals surface area contributed by atoms with Gasteiger partial charge in [0.2, 0.25) is 11.8 Å². The Morgan fingerprint density at radius 2 is 1.68 bits per heavy atom. The quantitative estimate of drug-likeness (QED) is 0.599. The molecule has 2 saturated heterocycles. The van der Waals surface area contributed by atoms with Crippen LogP contribution in [0, 0.1) is 17.7 Å². The maximum Gasteiger partial charge on any atom is 0.255 e. The van der Waals surface area contributed by atoms with Gasteiger partial charge in [-0.3, -0.25) is 19.3 Å². The highest BCUT2D eigenvalue weighted by Gasteiger charge is 2.52. The number of fused-ring (bicyclic) bond motifs is 1. The van der Waals surface area contributed by atoms with Crippen LogP contribution in [-0.4, -0.2) is 46.7 Å². The van der Waals surface area contributed by atoms with E-state index in [4.69, 9.17) is 11.6 Å². The minimum Gasteiger partial charge on any atom is -0.334 e. The number of nitrogens with zero attached hydrogens (tertiary/aromatic N) is 2. The lowest BCUT2D eigenvalue weighted by atomic mass is 9.85. The van der Waals surface area contributed by atoms with E-state index >= 15 is 0 Å². The van der Waals surface area contributed by atoms with Crippen molar-refractivity contribution in [3.63, 3.8) is 0 Å². The summed E-state index contributed by atoms with van der Waals surface area (Å²) < 4.78 is 13.1. The van der Waals surface area contributed by atoms with Gasteiger partial charge in [0, 0.05) is 13.1 Å². The lowest BCUT2D eigenvalue weighted by molar-refractivity contribution is -0.145. The number of benzene rings is 1. The molecule has 0 unspecified atom stereocenters. The van der Waals surface area contributed by atoms with E-state index in [2.05, 4.69) is 0 Å². The number of carbonyl (C=O) groups is 3. The molecule has 25 heavy (non-hydrogen) atoms. The van der Waals surface area contributed by atoms with Gasteiger partial charge in [0.05, 0.1) is 28.5 Å². The molecule has 4 rings (SSSR count). The Bertz CT molecular complexity index is 778. The maximum atomic E-state index is 13.1. The van der Waals surface area contributed by atoms with Gasteiger partial charge in [0.1, 0.15) is 5.82 Å². The monoisotopic (exact) mass is 362 g/mol. The Labute approximate surface area is 149 Å². The number of halogens is 2. The van der Waals surface area contributed by atoms with Crippen molar-refractivity contribution in [1.82, 2.24) is 9.80 Å². The summed E-state index contributed by atoms with van der Waals surface area (Å²) in [6, 6.07) is 3.34. The van der Waals surface area contributed by atoms with Crippen LogP contribution in [0.15, 0.2) is 30.4 Å². The zero-order valence-electron chi connectivity index (χ0n) is 13.3. The molecule has 2 heterocycles. The Kier molecular flexibility index (Phi) is 3.87. The van der Waals surface area contributed by atoms with Crippen molar-refractivity contribution in [3.05, 3.63) is 46.8 Å². The molecule has 0 spiro atoms. The van der Waals surface area contributed by atoms with Crippen LogP contribution < -0.4 is 0 Å². The van der Waals surface area contributed by atoms with E-state index in [0.717, 1.165) is 6.07 Å². The normalized spacial score (nSPS) is 26.0. The number of hydrogen-bond donors (Lipinski definition) is 0. The van der Waals surface area contributed by atoms with Crippen molar-refractivity contribution in [3.8, 4) is 0 Å². The SMILES string of the molecule is O=C(c1ccc(F)cc1Cl)N1CC(N2C(=O)[C@H]3CC=CC[C@@H]3C2=O)C1. The molecule has 2 fully saturated rings. The molecule has 2 aliphatic heterocycles. The largest absolute Gasteiger partial charge is 0.334 e. The summed E-state index contributed by atoms with van der Waals surface area (Å²) in [7, 11) is 0. The first kappa shape index (κ1) is 16.3. The lowest BCUT2D eigenvalue weighted by Crippen LogP contribution is -2.62. The molecule has 0 saturated carbocycles. The topological polar surface area (TPSA) is 57.7 Å². The number of imide groups is 1. The molecule has 1 aromatic carbocycles. The van der Waals surface area contributed by atoms with Crippen LogP contribution in [-0.2, 0) is 9.59 Å². The van der Waals surface area contributed by atoms with Crippen molar-refractivity contribution in [2.45, 2.75) is 18.9 Å². The predicted octanol–water partition coefficient (Wildman–Crippen LogP) is 2.25. The third-order valence-corrected chi connectivity index (χ3v) is 5.53. The van der Waals surface area contributed by atoms with Gasteiger partial charge in [0.15, 0.2) is 0 Å². The van der Waals surface area contributed by atoms with Gasteiger partial charge >= 0.3 is 0 Å². The van der Waals surface area contributed by atoms with Gasteiger partial charge in [-0.25, -0.2) is 4.39 Å². The van der Waals surface area contributed by atoms with Crippen molar-refractivity contribution in [2.75, 3.05) is 13.1 Å². The molecule has 130 valence electrons. The average molecular weight is 363 g/mol. The van der Waals surface area contributed by atoms with Gasteiger partial charge in [-0.05, 0) is 31.0 Å². The number of rotatable bonds is 2. The van der Waals surface area contributed by atoms with Crippen LogP contribution in [0.2, 0.25) is 5.02 Å². The molecular weight excluding hydrogens is 347 g/mol. The van der Waals surface area contributed by atoms with E-state index in [1.807, 2.05) is 12.2 Å². The smallest absolute Gasteiger partial charge is 0.255 e. The van der Waals surface area contributed by atoms with Crippen LogP contribution in [0.1, 0.15) is 23.2 Å². The molecule has 0 radical (unpaired) electrons. The molecule has 0 aromatic heterocycles. The predicted molar refractivity (Wildman–Crippen MR) is 88.3 cm³/mol. The highest BCUT2D eigenvalue weighted by molar-refractivity contribution is 6.33. The standard InChI is InChI=1S/C18H16ClFN2O3/c19-15-7-10(20)5-6-14(15)16(23)21-8-11(9-21)22-17(24)12-3-1-2-4-13(12)18(22)25/h1-2,5-7,11-13H,3-4,8-9H2/t12-,13-/m0/s1. The van der Waals surface area contributed by atoms with Crippen LogP contribution in [0.4, 0.5) is 4.39 Å².